The first kappa shape index (κ1) is 28.3. The summed E-state index contributed by atoms with van der Waals surface area (Å²) >= 11 is 0. The molecule has 5 heteroatoms. The summed E-state index contributed by atoms with van der Waals surface area (Å²) in [5.74, 6) is -3.45. The number of carbonyl (C=O) groups excluding carboxylic acids is 2. The van der Waals surface area contributed by atoms with Crippen LogP contribution in [0.5, 0.6) is 0 Å². The van der Waals surface area contributed by atoms with Crippen molar-refractivity contribution in [2.75, 3.05) is 0 Å². The van der Waals surface area contributed by atoms with Crippen LogP contribution in [0, 0.1) is 16.7 Å². The largest absolute Gasteiger partial charge is 0.506 e. The van der Waals surface area contributed by atoms with Gasteiger partial charge in [-0.25, -0.2) is 0 Å². The summed E-state index contributed by atoms with van der Waals surface area (Å²) < 4.78 is 6.65. The molecule has 3 aliphatic rings. The zero-order chi connectivity index (χ0) is 28.1. The van der Waals surface area contributed by atoms with Gasteiger partial charge in [0.25, 0.3) is 0 Å². The Morgan fingerprint density at radius 3 is 2.11 bits per heavy atom. The van der Waals surface area contributed by atoms with E-state index in [1.54, 1.807) is 24.3 Å². The number of rotatable bonds is 8. The molecule has 2 aliphatic heterocycles. The number of ketones is 2. The smallest absolute Gasteiger partial charge is 0.193 e. The molecule has 2 heterocycles. The molecule has 0 aromatic heterocycles. The molecule has 2 saturated heterocycles. The van der Waals surface area contributed by atoms with E-state index in [9.17, 15) is 19.8 Å². The quantitative estimate of drug-likeness (QED) is 0.167. The highest BCUT2D eigenvalue weighted by molar-refractivity contribution is 6.30. The molecular weight excluding hydrogens is 476 g/mol. The van der Waals surface area contributed by atoms with Gasteiger partial charge in [-0.05, 0) is 86.0 Å². The third kappa shape index (κ3) is 4.15. The summed E-state index contributed by atoms with van der Waals surface area (Å²) in [7, 11) is 0. The number of fused-ring (bicyclic) bond motifs is 1. The molecular formula is C33H42O5. The minimum Gasteiger partial charge on any atom is -0.506 e. The van der Waals surface area contributed by atoms with Crippen LogP contribution >= 0.6 is 0 Å². The number of ether oxygens (including phenoxy) is 1. The van der Waals surface area contributed by atoms with Crippen LogP contribution in [0.3, 0.4) is 0 Å². The predicted molar refractivity (Wildman–Crippen MR) is 150 cm³/mol. The molecule has 4 rings (SSSR count). The van der Waals surface area contributed by atoms with Gasteiger partial charge in [0.2, 0.25) is 0 Å². The van der Waals surface area contributed by atoms with E-state index in [0.29, 0.717) is 12.0 Å². The van der Waals surface area contributed by atoms with Crippen LogP contribution in [-0.2, 0) is 14.3 Å². The average Bonchev–Trinajstić information content (AvgIpc) is 3.08. The van der Waals surface area contributed by atoms with E-state index >= 15 is 0 Å². The lowest BCUT2D eigenvalue weighted by Crippen LogP contribution is -2.70. The highest BCUT2D eigenvalue weighted by Gasteiger charge is 2.82. The fourth-order valence-electron chi connectivity index (χ4n) is 6.97. The van der Waals surface area contributed by atoms with Crippen molar-refractivity contribution in [2.24, 2.45) is 16.7 Å². The Bertz CT molecular complexity index is 1250. The summed E-state index contributed by atoms with van der Waals surface area (Å²) in [5.41, 5.74) is -0.378. The minimum atomic E-state index is -2.00. The first-order valence-electron chi connectivity index (χ1n) is 13.6. The molecule has 0 radical (unpaired) electrons. The lowest BCUT2D eigenvalue weighted by Gasteiger charge is -2.58. The Kier molecular flexibility index (Phi) is 7.26. The molecule has 2 N–H and O–H groups in total. The monoisotopic (exact) mass is 518 g/mol. The van der Waals surface area contributed by atoms with Crippen LogP contribution < -0.4 is 0 Å². The van der Waals surface area contributed by atoms with Gasteiger partial charge in [0.15, 0.2) is 17.4 Å². The first-order chi connectivity index (χ1) is 17.7. The molecule has 1 aromatic carbocycles. The van der Waals surface area contributed by atoms with Crippen LogP contribution in [0.4, 0.5) is 0 Å². The number of aliphatic hydroxyl groups excluding tert-OH is 1. The van der Waals surface area contributed by atoms with Gasteiger partial charge in [-0.2, -0.15) is 0 Å². The summed E-state index contributed by atoms with van der Waals surface area (Å²) in [4.78, 5) is 29.2. The topological polar surface area (TPSA) is 83.8 Å². The summed E-state index contributed by atoms with van der Waals surface area (Å²) in [6.45, 7) is 15.8. The maximum atomic E-state index is 14.6. The number of hydrogen-bond acceptors (Lipinski definition) is 5. The second-order valence-corrected chi connectivity index (χ2v) is 12.5. The van der Waals surface area contributed by atoms with Gasteiger partial charge in [-0.15, -0.1) is 6.58 Å². The predicted octanol–water partition coefficient (Wildman–Crippen LogP) is 7.04. The number of hydrogen-bond donors (Lipinski definition) is 2. The Hall–Kier alpha value is -2.76. The zero-order valence-electron chi connectivity index (χ0n) is 23.7. The van der Waals surface area contributed by atoms with Gasteiger partial charge in [-0.1, -0.05) is 59.2 Å². The van der Waals surface area contributed by atoms with Gasteiger partial charge in [0.05, 0.1) is 16.4 Å². The third-order valence-corrected chi connectivity index (χ3v) is 9.03. The van der Waals surface area contributed by atoms with Crippen molar-refractivity contribution in [3.05, 3.63) is 76.9 Å². The summed E-state index contributed by atoms with van der Waals surface area (Å²) in [5, 5.41) is 24.1. The lowest BCUT2D eigenvalue weighted by atomic mass is 9.51. The highest BCUT2D eigenvalue weighted by Crippen LogP contribution is 2.72. The second kappa shape index (κ2) is 9.77. The Morgan fingerprint density at radius 2 is 1.55 bits per heavy atom. The molecule has 2 bridgehead atoms. The van der Waals surface area contributed by atoms with Crippen molar-refractivity contribution in [1.82, 2.24) is 0 Å². The number of aliphatic hydroxyl groups is 2. The van der Waals surface area contributed by atoms with E-state index in [1.807, 2.05) is 59.8 Å². The van der Waals surface area contributed by atoms with E-state index in [4.69, 9.17) is 4.74 Å². The summed E-state index contributed by atoms with van der Waals surface area (Å²) in [6.07, 6.45) is 6.49. The number of benzene rings is 1. The number of carbonyl (C=O) groups is 2. The molecule has 1 aromatic rings. The highest BCUT2D eigenvalue weighted by atomic mass is 16.7. The van der Waals surface area contributed by atoms with Crippen LogP contribution in [-0.4, -0.2) is 33.2 Å². The van der Waals surface area contributed by atoms with Crippen LogP contribution in [0.15, 0.2) is 71.4 Å². The minimum absolute atomic E-state index is 0.0754. The van der Waals surface area contributed by atoms with E-state index < -0.39 is 33.8 Å². The van der Waals surface area contributed by atoms with Crippen molar-refractivity contribution in [1.29, 1.82) is 0 Å². The fraction of sp³-hybridized carbons (Fsp3) is 0.515. The van der Waals surface area contributed by atoms with Crippen molar-refractivity contribution < 1.29 is 24.5 Å². The van der Waals surface area contributed by atoms with Gasteiger partial charge in [-0.3, -0.25) is 9.59 Å². The van der Waals surface area contributed by atoms with Gasteiger partial charge in [0.1, 0.15) is 11.3 Å². The standard InChI is InChI=1S/C33H42O5/c1-21(2)13-14-25-19-31(17-15-22(3)4)28(35)26(27(34)24-11-9-8-10-12-24)29(36)32(18-16-23(5)6)20-30(25,7)38-33(31,32)37/h8-12,15-16,25,34,37H,1,13-14,17-20H2,2-7H3/b27-26+/t25-,30-,31+,32+,33-/m1/s1. The lowest BCUT2D eigenvalue weighted by molar-refractivity contribution is -0.339. The molecule has 0 unspecified atom stereocenters. The maximum absolute atomic E-state index is 14.6. The van der Waals surface area contributed by atoms with Crippen LogP contribution in [0.25, 0.3) is 5.76 Å². The van der Waals surface area contributed by atoms with Gasteiger partial charge < -0.3 is 14.9 Å². The van der Waals surface area contributed by atoms with Crippen molar-refractivity contribution in [2.45, 2.75) is 91.5 Å². The maximum Gasteiger partial charge on any atom is 0.193 e. The van der Waals surface area contributed by atoms with Crippen LogP contribution in [0.1, 0.15) is 85.6 Å². The molecule has 38 heavy (non-hydrogen) atoms. The molecule has 0 amide bonds. The summed E-state index contributed by atoms with van der Waals surface area (Å²) in [6, 6.07) is 8.72. The third-order valence-electron chi connectivity index (χ3n) is 9.03. The second-order valence-electron chi connectivity index (χ2n) is 12.5. The van der Waals surface area contributed by atoms with E-state index in [1.165, 1.54) is 0 Å². The number of Topliss-reactive ketones (excluding diaryl/α,β-unsaturated/α-hetero) is 2. The van der Waals surface area contributed by atoms with E-state index in [-0.39, 0.29) is 36.5 Å². The molecule has 5 nitrogen and oxygen atoms in total. The van der Waals surface area contributed by atoms with Gasteiger partial charge >= 0.3 is 0 Å². The first-order valence-corrected chi connectivity index (χ1v) is 13.6. The SMILES string of the molecule is C=C(C)CC[C@@H]1C[C@@]2(CC=C(C)C)C(=O)/C(=C(\O)c3ccccc3)C(=O)[C@]3(CC=C(C)C)C[C@@]1(C)O[C@]23O. The Labute approximate surface area is 227 Å². The fourth-order valence-corrected chi connectivity index (χ4v) is 6.97. The number of allylic oxidation sites excluding steroid dienone is 6. The zero-order valence-corrected chi connectivity index (χ0v) is 23.7. The van der Waals surface area contributed by atoms with Crippen molar-refractivity contribution >= 4 is 17.3 Å². The Morgan fingerprint density at radius 1 is 1.00 bits per heavy atom. The Balaban J connectivity index is 2.04. The van der Waals surface area contributed by atoms with Crippen molar-refractivity contribution in [3.8, 4) is 0 Å². The molecule has 5 atom stereocenters. The molecule has 0 spiro atoms. The van der Waals surface area contributed by atoms with E-state index in [0.717, 1.165) is 29.6 Å². The molecule has 3 fully saturated rings. The normalized spacial score (nSPS) is 35.1. The molecule has 1 saturated carbocycles. The van der Waals surface area contributed by atoms with Crippen LogP contribution in [0.2, 0.25) is 0 Å². The average molecular weight is 519 g/mol. The van der Waals surface area contributed by atoms with E-state index in [2.05, 4.69) is 6.58 Å². The van der Waals surface area contributed by atoms with Gasteiger partial charge in [0, 0.05) is 5.56 Å². The molecule has 1 aliphatic carbocycles. The molecule has 204 valence electrons. The van der Waals surface area contributed by atoms with Crippen molar-refractivity contribution in [3.63, 3.8) is 0 Å².